The predicted octanol–water partition coefficient (Wildman–Crippen LogP) is 2.42. The smallest absolute Gasteiger partial charge is 0.145 e. The summed E-state index contributed by atoms with van der Waals surface area (Å²) in [5.41, 5.74) is 7.69. The lowest BCUT2D eigenvalue weighted by Crippen LogP contribution is -2.24. The van der Waals surface area contributed by atoms with E-state index in [-0.39, 0.29) is 0 Å². The van der Waals surface area contributed by atoms with Crippen LogP contribution in [-0.4, -0.2) is 23.1 Å². The zero-order valence-electron chi connectivity index (χ0n) is 11.0. The quantitative estimate of drug-likeness (QED) is 0.881. The largest absolute Gasteiger partial charge is 0.368 e. The summed E-state index contributed by atoms with van der Waals surface area (Å²) < 4.78 is 0. The monoisotopic (exact) mass is 256 g/mol. The summed E-state index contributed by atoms with van der Waals surface area (Å²) in [7, 11) is 0. The van der Waals surface area contributed by atoms with Crippen LogP contribution in [0.4, 0.5) is 5.82 Å². The Labute approximate surface area is 113 Å². The topological polar surface area (TPSA) is 63.8 Å². The maximum atomic E-state index is 5.81. The van der Waals surface area contributed by atoms with Gasteiger partial charge in [-0.1, -0.05) is 18.6 Å². The molecule has 0 amide bonds. The van der Waals surface area contributed by atoms with E-state index < -0.39 is 0 Å². The second-order valence-corrected chi connectivity index (χ2v) is 5.31. The number of nitrogens with two attached hydrogens (primary N) is 1. The van der Waals surface area contributed by atoms with E-state index >= 15 is 0 Å². The van der Waals surface area contributed by atoms with Crippen LogP contribution < -0.4 is 11.1 Å². The molecule has 1 aromatic heterocycles. The lowest BCUT2D eigenvalue weighted by atomic mass is 9.96. The van der Waals surface area contributed by atoms with Gasteiger partial charge in [0, 0.05) is 6.54 Å². The van der Waals surface area contributed by atoms with Gasteiger partial charge in [0.2, 0.25) is 0 Å². The fourth-order valence-electron chi connectivity index (χ4n) is 2.97. The summed E-state index contributed by atoms with van der Waals surface area (Å²) in [5, 5.41) is 3.41. The van der Waals surface area contributed by atoms with Crippen molar-refractivity contribution in [2.75, 3.05) is 18.4 Å². The average molecular weight is 256 g/mol. The third kappa shape index (κ3) is 2.68. The molecule has 100 valence electrons. The van der Waals surface area contributed by atoms with Crippen LogP contribution in [0.15, 0.2) is 30.5 Å². The van der Waals surface area contributed by atoms with Crippen LogP contribution >= 0.6 is 0 Å². The summed E-state index contributed by atoms with van der Waals surface area (Å²) in [6.45, 7) is 1.75. The van der Waals surface area contributed by atoms with Crippen LogP contribution in [0.3, 0.4) is 0 Å². The number of rotatable bonds is 4. The highest BCUT2D eigenvalue weighted by molar-refractivity contribution is 5.75. The lowest BCUT2D eigenvalue weighted by molar-refractivity contribution is 0.414. The van der Waals surface area contributed by atoms with Crippen LogP contribution in [0.25, 0.3) is 11.0 Å². The van der Waals surface area contributed by atoms with Crippen LogP contribution in [-0.2, 0) is 0 Å². The van der Waals surface area contributed by atoms with E-state index in [1.54, 1.807) is 0 Å². The standard InChI is InChI=1S/C15H20N4/c16-8-11-4-3-5-12(11)9-18-15-10-17-13-6-1-2-7-14(13)19-15/h1-2,6-7,10-12H,3-5,8-9,16H2,(H,18,19). The number of para-hydroxylation sites is 2. The molecule has 0 radical (unpaired) electrons. The predicted molar refractivity (Wildman–Crippen MR) is 77.9 cm³/mol. The number of hydrogen-bond donors (Lipinski definition) is 2. The minimum Gasteiger partial charge on any atom is -0.368 e. The van der Waals surface area contributed by atoms with Gasteiger partial charge in [-0.3, -0.25) is 4.98 Å². The SMILES string of the molecule is NCC1CCCC1CNc1cnc2ccccc2n1. The van der Waals surface area contributed by atoms with E-state index in [0.29, 0.717) is 11.8 Å². The number of hydrogen-bond acceptors (Lipinski definition) is 4. The molecule has 2 aromatic rings. The van der Waals surface area contributed by atoms with E-state index in [1.165, 1.54) is 19.3 Å². The van der Waals surface area contributed by atoms with Gasteiger partial charge in [-0.15, -0.1) is 0 Å². The maximum Gasteiger partial charge on any atom is 0.145 e. The lowest BCUT2D eigenvalue weighted by Gasteiger charge is -2.18. The number of nitrogens with one attached hydrogen (secondary N) is 1. The van der Waals surface area contributed by atoms with Gasteiger partial charge in [-0.2, -0.15) is 0 Å². The van der Waals surface area contributed by atoms with E-state index in [9.17, 15) is 0 Å². The van der Waals surface area contributed by atoms with Crippen molar-refractivity contribution < 1.29 is 0 Å². The average Bonchev–Trinajstić information content (AvgIpc) is 2.92. The molecule has 0 aliphatic heterocycles. The molecule has 1 aliphatic carbocycles. The first-order valence-corrected chi connectivity index (χ1v) is 7.02. The molecule has 1 heterocycles. The van der Waals surface area contributed by atoms with Crippen molar-refractivity contribution in [3.05, 3.63) is 30.5 Å². The second-order valence-electron chi connectivity index (χ2n) is 5.31. The molecule has 0 spiro atoms. The fraction of sp³-hybridized carbons (Fsp3) is 0.467. The minimum absolute atomic E-state index is 0.668. The van der Waals surface area contributed by atoms with Gasteiger partial charge in [-0.25, -0.2) is 4.98 Å². The number of aromatic nitrogens is 2. The molecular weight excluding hydrogens is 236 g/mol. The second kappa shape index (κ2) is 5.53. The molecule has 0 saturated heterocycles. The summed E-state index contributed by atoms with van der Waals surface area (Å²) in [6, 6.07) is 7.94. The van der Waals surface area contributed by atoms with Gasteiger partial charge >= 0.3 is 0 Å². The summed E-state index contributed by atoms with van der Waals surface area (Å²) in [5.74, 6) is 2.21. The number of benzene rings is 1. The number of anilines is 1. The molecule has 0 bridgehead atoms. The number of nitrogens with zero attached hydrogens (tertiary/aromatic N) is 2. The van der Waals surface area contributed by atoms with Crippen molar-refractivity contribution in [3.8, 4) is 0 Å². The van der Waals surface area contributed by atoms with Crippen molar-refractivity contribution >= 4 is 16.9 Å². The molecule has 19 heavy (non-hydrogen) atoms. The highest BCUT2D eigenvalue weighted by Crippen LogP contribution is 2.30. The molecule has 4 nitrogen and oxygen atoms in total. The van der Waals surface area contributed by atoms with Crippen LogP contribution in [0, 0.1) is 11.8 Å². The van der Waals surface area contributed by atoms with Gasteiger partial charge in [0.05, 0.1) is 17.2 Å². The third-order valence-corrected chi connectivity index (χ3v) is 4.11. The Hall–Kier alpha value is -1.68. The van der Waals surface area contributed by atoms with E-state index in [0.717, 1.165) is 29.9 Å². The molecular formula is C15H20N4. The molecule has 2 unspecified atom stereocenters. The minimum atomic E-state index is 0.668. The van der Waals surface area contributed by atoms with Crippen molar-refractivity contribution in [2.24, 2.45) is 17.6 Å². The van der Waals surface area contributed by atoms with E-state index in [1.807, 2.05) is 30.5 Å². The fourth-order valence-corrected chi connectivity index (χ4v) is 2.97. The molecule has 1 fully saturated rings. The van der Waals surface area contributed by atoms with Gasteiger partial charge < -0.3 is 11.1 Å². The summed E-state index contributed by atoms with van der Waals surface area (Å²) in [6.07, 6.45) is 5.66. The van der Waals surface area contributed by atoms with Crippen molar-refractivity contribution in [3.63, 3.8) is 0 Å². The molecule has 2 atom stereocenters. The molecule has 1 aromatic carbocycles. The third-order valence-electron chi connectivity index (χ3n) is 4.11. The first-order chi connectivity index (χ1) is 9.36. The van der Waals surface area contributed by atoms with Crippen LogP contribution in [0.2, 0.25) is 0 Å². The Balaban J connectivity index is 1.68. The molecule has 4 heteroatoms. The zero-order chi connectivity index (χ0) is 13.1. The Morgan fingerprint density at radius 1 is 1.16 bits per heavy atom. The van der Waals surface area contributed by atoms with Crippen molar-refractivity contribution in [2.45, 2.75) is 19.3 Å². The summed E-state index contributed by atoms with van der Waals surface area (Å²) >= 11 is 0. The first-order valence-electron chi connectivity index (χ1n) is 7.02. The Morgan fingerprint density at radius 2 is 1.95 bits per heavy atom. The molecule has 3 rings (SSSR count). The molecule has 1 aliphatic rings. The highest BCUT2D eigenvalue weighted by Gasteiger charge is 2.25. The van der Waals surface area contributed by atoms with Crippen molar-refractivity contribution in [1.82, 2.24) is 9.97 Å². The normalized spacial score (nSPS) is 22.8. The Kier molecular flexibility index (Phi) is 3.60. The molecule has 3 N–H and O–H groups in total. The zero-order valence-corrected chi connectivity index (χ0v) is 11.0. The van der Waals surface area contributed by atoms with Gasteiger partial charge in [0.25, 0.3) is 0 Å². The Bertz CT molecular complexity index is 555. The van der Waals surface area contributed by atoms with E-state index in [2.05, 4.69) is 15.3 Å². The van der Waals surface area contributed by atoms with Crippen LogP contribution in [0.1, 0.15) is 19.3 Å². The highest BCUT2D eigenvalue weighted by atomic mass is 15.0. The van der Waals surface area contributed by atoms with Crippen molar-refractivity contribution in [1.29, 1.82) is 0 Å². The van der Waals surface area contributed by atoms with Gasteiger partial charge in [0.1, 0.15) is 5.82 Å². The van der Waals surface area contributed by atoms with E-state index in [4.69, 9.17) is 5.73 Å². The first kappa shape index (κ1) is 12.4. The summed E-state index contributed by atoms with van der Waals surface area (Å²) in [4.78, 5) is 9.00. The van der Waals surface area contributed by atoms with Crippen LogP contribution in [0.5, 0.6) is 0 Å². The maximum absolute atomic E-state index is 5.81. The van der Waals surface area contributed by atoms with Gasteiger partial charge in [-0.05, 0) is 43.4 Å². The van der Waals surface area contributed by atoms with Gasteiger partial charge in [0.15, 0.2) is 0 Å². The Morgan fingerprint density at radius 3 is 2.79 bits per heavy atom. The molecule has 1 saturated carbocycles. The number of fused-ring (bicyclic) bond motifs is 1.